The minimum atomic E-state index is -0.837. The lowest BCUT2D eigenvalue weighted by Crippen LogP contribution is -2.03. The summed E-state index contributed by atoms with van der Waals surface area (Å²) in [7, 11) is 0. The average molecular weight is 363 g/mol. The minimum absolute atomic E-state index is 0.315. The first kappa shape index (κ1) is 12.8. The second-order valence-electron chi connectivity index (χ2n) is 3.59. The van der Waals surface area contributed by atoms with Crippen molar-refractivity contribution < 1.29 is 9.50 Å². The van der Waals surface area contributed by atoms with E-state index in [1.54, 1.807) is 30.3 Å². The number of halogens is 3. The molecule has 4 heteroatoms. The van der Waals surface area contributed by atoms with E-state index >= 15 is 0 Å². The fourth-order valence-electron chi connectivity index (χ4n) is 1.59. The second kappa shape index (κ2) is 5.33. The highest BCUT2D eigenvalue weighted by atomic mass is 127. The molecule has 1 N–H and O–H groups in total. The molecule has 0 aromatic heterocycles. The Bertz CT molecular complexity index is 545. The van der Waals surface area contributed by atoms with Crippen LogP contribution in [0.25, 0.3) is 0 Å². The summed E-state index contributed by atoms with van der Waals surface area (Å²) in [5.41, 5.74) is 1.28. The molecule has 88 valence electrons. The van der Waals surface area contributed by atoms with E-state index in [9.17, 15) is 9.50 Å². The molecule has 0 aliphatic rings. The third-order valence-corrected chi connectivity index (χ3v) is 3.74. The lowest BCUT2D eigenvalue weighted by Gasteiger charge is -2.14. The Morgan fingerprint density at radius 3 is 2.47 bits per heavy atom. The van der Waals surface area contributed by atoms with Gasteiger partial charge in [-0.1, -0.05) is 35.9 Å². The number of rotatable bonds is 2. The summed E-state index contributed by atoms with van der Waals surface area (Å²) in [4.78, 5) is 0. The normalized spacial score (nSPS) is 12.5. The van der Waals surface area contributed by atoms with Crippen molar-refractivity contribution in [3.05, 3.63) is 68.0 Å². The summed E-state index contributed by atoms with van der Waals surface area (Å²) in [5, 5.41) is 10.7. The molecule has 0 saturated carbocycles. The molecule has 1 unspecified atom stereocenters. The molecule has 0 amide bonds. The highest BCUT2D eigenvalue weighted by Gasteiger charge is 2.16. The Labute approximate surface area is 117 Å². The first-order valence-corrected chi connectivity index (χ1v) is 6.42. The van der Waals surface area contributed by atoms with E-state index in [1.807, 2.05) is 22.6 Å². The van der Waals surface area contributed by atoms with Crippen LogP contribution in [0.2, 0.25) is 5.02 Å². The molecule has 0 spiro atoms. The number of benzene rings is 2. The highest BCUT2D eigenvalue weighted by molar-refractivity contribution is 14.1. The maximum Gasteiger partial charge on any atom is 0.124 e. The lowest BCUT2D eigenvalue weighted by atomic mass is 10.0. The molecule has 0 aliphatic carbocycles. The maximum absolute atomic E-state index is 13.0. The monoisotopic (exact) mass is 362 g/mol. The van der Waals surface area contributed by atoms with Crippen molar-refractivity contribution in [3.8, 4) is 0 Å². The van der Waals surface area contributed by atoms with E-state index in [2.05, 4.69) is 0 Å². The molecule has 2 aromatic rings. The van der Waals surface area contributed by atoms with Gasteiger partial charge in [0.1, 0.15) is 11.9 Å². The van der Waals surface area contributed by atoms with Gasteiger partial charge in [0.15, 0.2) is 0 Å². The zero-order valence-corrected chi connectivity index (χ0v) is 11.6. The van der Waals surface area contributed by atoms with Gasteiger partial charge in [0.25, 0.3) is 0 Å². The van der Waals surface area contributed by atoms with Crippen molar-refractivity contribution >= 4 is 34.2 Å². The van der Waals surface area contributed by atoms with E-state index < -0.39 is 6.10 Å². The third kappa shape index (κ3) is 2.78. The summed E-state index contributed by atoms with van der Waals surface area (Å²) in [6, 6.07) is 11.4. The molecule has 0 saturated heterocycles. The lowest BCUT2D eigenvalue weighted by molar-refractivity contribution is 0.219. The van der Waals surface area contributed by atoms with Crippen LogP contribution in [0.4, 0.5) is 4.39 Å². The summed E-state index contributed by atoms with van der Waals surface area (Å²) in [6.07, 6.45) is -0.837. The molecular formula is C13H9ClFIO. The summed E-state index contributed by atoms with van der Waals surface area (Å²) >= 11 is 8.01. The number of hydrogen-bond donors (Lipinski definition) is 1. The summed E-state index contributed by atoms with van der Waals surface area (Å²) in [5.74, 6) is -0.315. The molecule has 2 rings (SSSR count). The molecule has 2 aromatic carbocycles. The summed E-state index contributed by atoms with van der Waals surface area (Å²) in [6.45, 7) is 0. The van der Waals surface area contributed by atoms with E-state index in [-0.39, 0.29) is 5.82 Å². The smallest absolute Gasteiger partial charge is 0.124 e. The predicted octanol–water partition coefficient (Wildman–Crippen LogP) is 4.17. The van der Waals surface area contributed by atoms with E-state index in [0.717, 1.165) is 0 Å². The van der Waals surface area contributed by atoms with Crippen molar-refractivity contribution in [1.29, 1.82) is 0 Å². The standard InChI is InChI=1S/C13H9ClFIO/c14-11-4-2-1-3-9(11)13(17)10-6-5-8(15)7-12(10)16/h1-7,13,17H. The number of hydrogen-bond acceptors (Lipinski definition) is 1. The third-order valence-electron chi connectivity index (χ3n) is 2.46. The van der Waals surface area contributed by atoms with Crippen LogP contribution in [0.5, 0.6) is 0 Å². The molecule has 1 nitrogen and oxygen atoms in total. The largest absolute Gasteiger partial charge is 0.384 e. The molecule has 1 atom stereocenters. The van der Waals surface area contributed by atoms with Crippen molar-refractivity contribution in [3.63, 3.8) is 0 Å². The van der Waals surface area contributed by atoms with Crippen molar-refractivity contribution in [1.82, 2.24) is 0 Å². The Kier molecular flexibility index (Phi) is 4.01. The van der Waals surface area contributed by atoms with Gasteiger partial charge in [-0.25, -0.2) is 4.39 Å². The van der Waals surface area contributed by atoms with E-state index in [0.29, 0.717) is 19.7 Å². The highest BCUT2D eigenvalue weighted by Crippen LogP contribution is 2.30. The molecule has 0 bridgehead atoms. The van der Waals surface area contributed by atoms with Gasteiger partial charge in [0.2, 0.25) is 0 Å². The molecular weight excluding hydrogens is 353 g/mol. The quantitative estimate of drug-likeness (QED) is 0.795. The van der Waals surface area contributed by atoms with Gasteiger partial charge in [-0.2, -0.15) is 0 Å². The first-order chi connectivity index (χ1) is 8.09. The maximum atomic E-state index is 13.0. The second-order valence-corrected chi connectivity index (χ2v) is 5.16. The Hall–Kier alpha value is -0.650. The van der Waals surface area contributed by atoms with Crippen LogP contribution < -0.4 is 0 Å². The van der Waals surface area contributed by atoms with Gasteiger partial charge in [-0.15, -0.1) is 0 Å². The van der Waals surface area contributed by atoms with Crippen LogP contribution in [0.1, 0.15) is 17.2 Å². The number of aliphatic hydroxyl groups is 1. The van der Waals surface area contributed by atoms with E-state index in [1.165, 1.54) is 12.1 Å². The predicted molar refractivity (Wildman–Crippen MR) is 74.6 cm³/mol. The van der Waals surface area contributed by atoms with Gasteiger partial charge in [-0.05, 0) is 46.4 Å². The van der Waals surface area contributed by atoms with Crippen LogP contribution >= 0.6 is 34.2 Å². The first-order valence-electron chi connectivity index (χ1n) is 4.97. The Balaban J connectivity index is 2.44. The van der Waals surface area contributed by atoms with Crippen molar-refractivity contribution in [2.45, 2.75) is 6.10 Å². The Morgan fingerprint density at radius 1 is 1.12 bits per heavy atom. The van der Waals surface area contributed by atoms with Crippen LogP contribution in [0.3, 0.4) is 0 Å². The average Bonchev–Trinajstić information content (AvgIpc) is 2.29. The van der Waals surface area contributed by atoms with Crippen LogP contribution in [-0.2, 0) is 0 Å². The summed E-state index contributed by atoms with van der Waals surface area (Å²) < 4.78 is 13.7. The van der Waals surface area contributed by atoms with Gasteiger partial charge < -0.3 is 5.11 Å². The SMILES string of the molecule is OC(c1ccccc1Cl)c1ccc(F)cc1I. The minimum Gasteiger partial charge on any atom is -0.384 e. The fraction of sp³-hybridized carbons (Fsp3) is 0.0769. The van der Waals surface area contributed by atoms with Gasteiger partial charge in [0.05, 0.1) is 0 Å². The molecule has 17 heavy (non-hydrogen) atoms. The fourth-order valence-corrected chi connectivity index (χ4v) is 2.60. The van der Waals surface area contributed by atoms with Gasteiger partial charge >= 0.3 is 0 Å². The van der Waals surface area contributed by atoms with Crippen molar-refractivity contribution in [2.24, 2.45) is 0 Å². The van der Waals surface area contributed by atoms with Gasteiger partial charge in [0, 0.05) is 14.2 Å². The van der Waals surface area contributed by atoms with Gasteiger partial charge in [-0.3, -0.25) is 0 Å². The molecule has 0 fully saturated rings. The topological polar surface area (TPSA) is 20.2 Å². The molecule has 0 aliphatic heterocycles. The molecule has 0 heterocycles. The van der Waals surface area contributed by atoms with E-state index in [4.69, 9.17) is 11.6 Å². The zero-order chi connectivity index (χ0) is 12.4. The number of aliphatic hydroxyl groups excluding tert-OH is 1. The van der Waals surface area contributed by atoms with Crippen LogP contribution in [0, 0.1) is 9.39 Å². The zero-order valence-electron chi connectivity index (χ0n) is 8.70. The van der Waals surface area contributed by atoms with Crippen molar-refractivity contribution in [2.75, 3.05) is 0 Å². The van der Waals surface area contributed by atoms with Crippen LogP contribution in [-0.4, -0.2) is 5.11 Å². The molecule has 0 radical (unpaired) electrons. The van der Waals surface area contributed by atoms with Crippen LogP contribution in [0.15, 0.2) is 42.5 Å². The Morgan fingerprint density at radius 2 is 1.82 bits per heavy atom.